The third kappa shape index (κ3) is 3.41. The molecule has 1 N–H and O–H groups in total. The minimum absolute atomic E-state index is 0.112. The molecule has 0 spiro atoms. The zero-order chi connectivity index (χ0) is 22.6. The van der Waals surface area contributed by atoms with Crippen LogP contribution in [0.4, 0.5) is 0 Å². The van der Waals surface area contributed by atoms with Gasteiger partial charge in [-0.2, -0.15) is 0 Å². The summed E-state index contributed by atoms with van der Waals surface area (Å²) in [6.07, 6.45) is 9.94. The third-order valence-corrected chi connectivity index (χ3v) is 10.3. The van der Waals surface area contributed by atoms with Gasteiger partial charge in [-0.3, -0.25) is 4.79 Å². The summed E-state index contributed by atoms with van der Waals surface area (Å²) in [7, 11) is 0. The summed E-state index contributed by atoms with van der Waals surface area (Å²) < 4.78 is 5.61. The molecule has 4 fully saturated rings. The average molecular weight is 435 g/mol. The molecule has 4 aliphatic rings. The highest BCUT2D eigenvalue weighted by atomic mass is 16.5. The summed E-state index contributed by atoms with van der Waals surface area (Å²) >= 11 is 0. The van der Waals surface area contributed by atoms with Crippen LogP contribution in [-0.4, -0.2) is 22.8 Å². The molecule has 0 heterocycles. The van der Waals surface area contributed by atoms with Gasteiger partial charge in [0.15, 0.2) is 0 Å². The van der Waals surface area contributed by atoms with Gasteiger partial charge in [-0.15, -0.1) is 0 Å². The van der Waals surface area contributed by atoms with E-state index >= 15 is 0 Å². The van der Waals surface area contributed by atoms with Crippen LogP contribution in [0.5, 0.6) is 0 Å². The molecule has 172 valence electrons. The van der Waals surface area contributed by atoms with Gasteiger partial charge in [-0.1, -0.05) is 43.9 Å². The number of ether oxygens (including phenoxy) is 1. The van der Waals surface area contributed by atoms with Crippen LogP contribution in [0, 0.1) is 46.3 Å². The highest BCUT2D eigenvalue weighted by Gasteiger charge is 2.64. The Kier molecular flexibility index (Phi) is 5.44. The highest BCUT2D eigenvalue weighted by molar-refractivity contribution is 5.66. The Balaban J connectivity index is 1.36. The topological polar surface area (TPSA) is 46.5 Å². The molecule has 5 rings (SSSR count). The highest BCUT2D eigenvalue weighted by Crippen LogP contribution is 2.68. The predicted octanol–water partition coefficient (Wildman–Crippen LogP) is 5.74. The molecule has 0 saturated heterocycles. The zero-order valence-corrected chi connectivity index (χ0v) is 19.9. The summed E-state index contributed by atoms with van der Waals surface area (Å²) in [5, 5.41) is 11.8. The molecule has 1 aromatic rings. The smallest absolute Gasteiger partial charge is 0.302 e. The number of rotatable bonds is 1. The number of esters is 1. The lowest BCUT2D eigenvalue weighted by Gasteiger charge is -2.61. The summed E-state index contributed by atoms with van der Waals surface area (Å²) in [5.74, 6) is 9.13. The van der Waals surface area contributed by atoms with Gasteiger partial charge < -0.3 is 9.84 Å². The predicted molar refractivity (Wildman–Crippen MR) is 126 cm³/mol. The number of benzene rings is 1. The molecular formula is C29H38O3. The second kappa shape index (κ2) is 7.91. The van der Waals surface area contributed by atoms with E-state index in [1.54, 1.807) is 0 Å². The lowest BCUT2D eigenvalue weighted by atomic mass is 9.44. The largest absolute Gasteiger partial charge is 0.463 e. The fourth-order valence-corrected chi connectivity index (χ4v) is 8.48. The SMILES string of the molecule is CC(=O)O[C@@H]1CC[C@@]2(C)[C@@H](CC[C@@H]3[C@@H]2CC[C@@]2(C)[C@H]3CC[C@@]2(O)C#Cc2ccccc2)C1. The fourth-order valence-electron chi connectivity index (χ4n) is 8.48. The van der Waals surface area contributed by atoms with Crippen molar-refractivity contribution >= 4 is 5.97 Å². The molecular weight excluding hydrogens is 396 g/mol. The summed E-state index contributed by atoms with van der Waals surface area (Å²) in [6.45, 7) is 6.39. The van der Waals surface area contributed by atoms with Crippen LogP contribution in [0.1, 0.15) is 84.1 Å². The average Bonchev–Trinajstić information content (AvgIpc) is 3.04. The van der Waals surface area contributed by atoms with Gasteiger partial charge in [0.25, 0.3) is 0 Å². The van der Waals surface area contributed by atoms with E-state index in [4.69, 9.17) is 4.74 Å². The van der Waals surface area contributed by atoms with E-state index in [-0.39, 0.29) is 17.5 Å². The van der Waals surface area contributed by atoms with Crippen molar-refractivity contribution in [2.75, 3.05) is 0 Å². The summed E-state index contributed by atoms with van der Waals surface area (Å²) in [4.78, 5) is 11.5. The Morgan fingerprint density at radius 3 is 2.50 bits per heavy atom. The van der Waals surface area contributed by atoms with Crippen LogP contribution < -0.4 is 0 Å². The monoisotopic (exact) mass is 434 g/mol. The van der Waals surface area contributed by atoms with Crippen LogP contribution >= 0.6 is 0 Å². The van der Waals surface area contributed by atoms with Crippen molar-refractivity contribution in [1.82, 2.24) is 0 Å². The van der Waals surface area contributed by atoms with Gasteiger partial charge in [0.05, 0.1) is 0 Å². The van der Waals surface area contributed by atoms with E-state index in [0.29, 0.717) is 23.2 Å². The summed E-state index contributed by atoms with van der Waals surface area (Å²) in [6, 6.07) is 10.1. The molecule has 1 aromatic carbocycles. The Hall–Kier alpha value is -1.79. The van der Waals surface area contributed by atoms with Crippen molar-refractivity contribution in [2.45, 2.75) is 90.3 Å². The summed E-state index contributed by atoms with van der Waals surface area (Å²) in [5.41, 5.74) is 0.327. The second-order valence-electron chi connectivity index (χ2n) is 11.6. The van der Waals surface area contributed by atoms with Gasteiger partial charge >= 0.3 is 5.97 Å². The van der Waals surface area contributed by atoms with Crippen molar-refractivity contribution in [3.05, 3.63) is 35.9 Å². The molecule has 3 nitrogen and oxygen atoms in total. The lowest BCUT2D eigenvalue weighted by Crippen LogP contribution is -2.56. The van der Waals surface area contributed by atoms with Crippen molar-refractivity contribution in [1.29, 1.82) is 0 Å². The number of hydrogen-bond donors (Lipinski definition) is 1. The van der Waals surface area contributed by atoms with Crippen LogP contribution in [0.3, 0.4) is 0 Å². The van der Waals surface area contributed by atoms with Crippen molar-refractivity contribution < 1.29 is 14.6 Å². The molecule has 3 heteroatoms. The number of fused-ring (bicyclic) bond motifs is 5. The molecule has 8 atom stereocenters. The van der Waals surface area contributed by atoms with Crippen LogP contribution in [0.15, 0.2) is 30.3 Å². The van der Waals surface area contributed by atoms with Crippen molar-refractivity contribution in [2.24, 2.45) is 34.5 Å². The third-order valence-electron chi connectivity index (χ3n) is 10.3. The van der Waals surface area contributed by atoms with Crippen LogP contribution in [0.25, 0.3) is 0 Å². The molecule has 0 bridgehead atoms. The first-order valence-corrected chi connectivity index (χ1v) is 12.7. The van der Waals surface area contributed by atoms with Gasteiger partial charge in [-0.25, -0.2) is 0 Å². The fraction of sp³-hybridized carbons (Fsp3) is 0.690. The van der Waals surface area contributed by atoms with E-state index in [1.807, 2.05) is 30.3 Å². The molecule has 32 heavy (non-hydrogen) atoms. The van der Waals surface area contributed by atoms with E-state index in [1.165, 1.54) is 26.2 Å². The second-order valence-corrected chi connectivity index (χ2v) is 11.6. The van der Waals surface area contributed by atoms with Crippen molar-refractivity contribution in [3.8, 4) is 11.8 Å². The number of aliphatic hydroxyl groups is 1. The van der Waals surface area contributed by atoms with Crippen LogP contribution in [0.2, 0.25) is 0 Å². The Morgan fingerprint density at radius 2 is 1.75 bits per heavy atom. The lowest BCUT2D eigenvalue weighted by molar-refractivity contribution is -0.163. The maximum absolute atomic E-state index is 11.8. The normalized spacial score (nSPS) is 44.9. The van der Waals surface area contributed by atoms with E-state index < -0.39 is 5.60 Å². The quantitative estimate of drug-likeness (QED) is 0.453. The number of hydrogen-bond acceptors (Lipinski definition) is 3. The van der Waals surface area contributed by atoms with E-state index in [2.05, 4.69) is 25.7 Å². The van der Waals surface area contributed by atoms with E-state index in [0.717, 1.165) is 50.0 Å². The molecule has 4 aliphatic carbocycles. The number of carbonyl (C=O) groups is 1. The van der Waals surface area contributed by atoms with Gasteiger partial charge in [-0.05, 0) is 99.0 Å². The van der Waals surface area contributed by atoms with Crippen LogP contribution in [-0.2, 0) is 9.53 Å². The Morgan fingerprint density at radius 1 is 1.00 bits per heavy atom. The van der Waals surface area contributed by atoms with E-state index in [9.17, 15) is 9.90 Å². The van der Waals surface area contributed by atoms with Gasteiger partial charge in [0.2, 0.25) is 0 Å². The van der Waals surface area contributed by atoms with Gasteiger partial charge in [0, 0.05) is 17.9 Å². The van der Waals surface area contributed by atoms with Crippen molar-refractivity contribution in [3.63, 3.8) is 0 Å². The molecule has 0 aliphatic heterocycles. The standard InChI is InChI=1S/C29H38O3/c1-20(30)32-23-12-15-27(2)22(19-23)9-10-24-25(27)13-16-28(3)26(24)14-18-29(28,31)17-11-21-7-5-4-6-8-21/h4-8,22-26,31H,9-10,12-16,18-19H2,1-3H3/t22-,23+,24+,25-,26-,27-,28-,29-/m0/s1. The van der Waals surface area contributed by atoms with Gasteiger partial charge in [0.1, 0.15) is 11.7 Å². The number of carbonyl (C=O) groups excluding carboxylic acids is 1. The molecule has 0 aromatic heterocycles. The first-order chi connectivity index (χ1) is 15.3. The zero-order valence-electron chi connectivity index (χ0n) is 19.9. The molecule has 4 saturated carbocycles. The minimum Gasteiger partial charge on any atom is -0.463 e. The minimum atomic E-state index is -0.886. The Bertz CT molecular complexity index is 929. The first-order valence-electron chi connectivity index (χ1n) is 12.7. The Labute approximate surface area is 193 Å². The molecule has 0 radical (unpaired) electrons. The molecule has 0 unspecified atom stereocenters. The maximum Gasteiger partial charge on any atom is 0.302 e. The first kappa shape index (κ1) is 22.0. The maximum atomic E-state index is 11.8. The molecule has 0 amide bonds.